The number of halogens is 2. The van der Waals surface area contributed by atoms with Crippen LogP contribution in [-0.2, 0) is 0 Å². The van der Waals surface area contributed by atoms with Gasteiger partial charge in [-0.05, 0) is 61.6 Å². The molecule has 1 nitrogen and oxygen atoms in total. The van der Waals surface area contributed by atoms with Gasteiger partial charge in [0.2, 0.25) is 0 Å². The third kappa shape index (κ3) is 2.94. The smallest absolute Gasteiger partial charge is 0.0344 e. The van der Waals surface area contributed by atoms with E-state index < -0.39 is 0 Å². The highest BCUT2D eigenvalue weighted by Crippen LogP contribution is 2.32. The van der Waals surface area contributed by atoms with Gasteiger partial charge < -0.3 is 5.73 Å². The number of hydrogen-bond donors (Lipinski definition) is 1. The Labute approximate surface area is 108 Å². The van der Waals surface area contributed by atoms with Crippen molar-refractivity contribution < 1.29 is 0 Å². The molecule has 0 fully saturated rings. The van der Waals surface area contributed by atoms with Crippen molar-refractivity contribution in [2.45, 2.75) is 26.8 Å². The van der Waals surface area contributed by atoms with Crippen LogP contribution in [0.3, 0.4) is 0 Å². The fourth-order valence-electron chi connectivity index (χ4n) is 1.21. The summed E-state index contributed by atoms with van der Waals surface area (Å²) in [6.45, 7) is 6.48. The molecule has 1 rings (SSSR count). The van der Waals surface area contributed by atoms with Crippen molar-refractivity contribution in [2.24, 2.45) is 11.1 Å². The Balaban J connectivity index is 3.03. The summed E-state index contributed by atoms with van der Waals surface area (Å²) in [5, 5.41) is 0. The molecule has 0 saturated heterocycles. The largest absolute Gasteiger partial charge is 0.324 e. The standard InChI is InChI=1S/C11H15BrIN/c1-11(2,3)10(14)7-4-5-8(12)9(13)6-7/h4-6,10H,14H2,1-3H3/t10-/m1/s1. The van der Waals surface area contributed by atoms with Crippen LogP contribution in [-0.4, -0.2) is 0 Å². The molecule has 1 atom stereocenters. The monoisotopic (exact) mass is 367 g/mol. The van der Waals surface area contributed by atoms with Gasteiger partial charge in [-0.1, -0.05) is 26.8 Å². The fraction of sp³-hybridized carbons (Fsp3) is 0.455. The molecule has 1 aromatic carbocycles. The van der Waals surface area contributed by atoms with Crippen molar-refractivity contribution in [2.75, 3.05) is 0 Å². The zero-order chi connectivity index (χ0) is 10.9. The van der Waals surface area contributed by atoms with Crippen LogP contribution >= 0.6 is 38.5 Å². The van der Waals surface area contributed by atoms with Gasteiger partial charge in [0.25, 0.3) is 0 Å². The van der Waals surface area contributed by atoms with Crippen LogP contribution in [0.1, 0.15) is 32.4 Å². The predicted octanol–water partition coefficient (Wildman–Crippen LogP) is 4.10. The van der Waals surface area contributed by atoms with Crippen molar-refractivity contribution in [3.05, 3.63) is 31.8 Å². The van der Waals surface area contributed by atoms with E-state index in [1.807, 2.05) is 0 Å². The summed E-state index contributed by atoms with van der Waals surface area (Å²) < 4.78 is 2.34. The summed E-state index contributed by atoms with van der Waals surface area (Å²) in [5.41, 5.74) is 7.48. The molecule has 0 radical (unpaired) electrons. The van der Waals surface area contributed by atoms with Crippen LogP contribution < -0.4 is 5.73 Å². The second kappa shape index (κ2) is 4.49. The predicted molar refractivity (Wildman–Crippen MR) is 73.2 cm³/mol. The molecule has 0 saturated carbocycles. The summed E-state index contributed by atoms with van der Waals surface area (Å²) >= 11 is 5.79. The van der Waals surface area contributed by atoms with E-state index in [0.29, 0.717) is 0 Å². The maximum Gasteiger partial charge on any atom is 0.0344 e. The van der Waals surface area contributed by atoms with Crippen molar-refractivity contribution in [1.82, 2.24) is 0 Å². The van der Waals surface area contributed by atoms with E-state index in [-0.39, 0.29) is 11.5 Å². The first-order chi connectivity index (χ1) is 6.32. The van der Waals surface area contributed by atoms with Crippen LogP contribution in [0.25, 0.3) is 0 Å². The lowest BCUT2D eigenvalue weighted by atomic mass is 9.83. The van der Waals surface area contributed by atoms with E-state index in [0.717, 1.165) is 4.47 Å². The van der Waals surface area contributed by atoms with Gasteiger partial charge in [0.05, 0.1) is 0 Å². The quantitative estimate of drug-likeness (QED) is 0.743. The van der Waals surface area contributed by atoms with E-state index in [9.17, 15) is 0 Å². The van der Waals surface area contributed by atoms with Crippen molar-refractivity contribution in [3.8, 4) is 0 Å². The second-order valence-corrected chi connectivity index (χ2v) is 6.53. The van der Waals surface area contributed by atoms with Crippen LogP contribution in [0, 0.1) is 8.99 Å². The zero-order valence-corrected chi connectivity index (χ0v) is 12.4. The Morgan fingerprint density at radius 1 is 1.36 bits per heavy atom. The Hall–Kier alpha value is 0.390. The van der Waals surface area contributed by atoms with Crippen LogP contribution in [0.4, 0.5) is 0 Å². The van der Waals surface area contributed by atoms with Gasteiger partial charge in [-0.25, -0.2) is 0 Å². The summed E-state index contributed by atoms with van der Waals surface area (Å²) in [6.07, 6.45) is 0. The lowest BCUT2D eigenvalue weighted by Gasteiger charge is -2.27. The summed E-state index contributed by atoms with van der Waals surface area (Å²) in [5.74, 6) is 0. The van der Waals surface area contributed by atoms with Gasteiger partial charge in [-0.15, -0.1) is 0 Å². The number of nitrogens with two attached hydrogens (primary N) is 1. The number of benzene rings is 1. The molecule has 2 N–H and O–H groups in total. The van der Waals surface area contributed by atoms with Crippen LogP contribution in [0.15, 0.2) is 22.7 Å². The minimum absolute atomic E-state index is 0.0871. The normalized spacial score (nSPS) is 14.1. The molecule has 0 aliphatic heterocycles. The molecule has 0 aromatic heterocycles. The lowest BCUT2D eigenvalue weighted by molar-refractivity contribution is 0.327. The van der Waals surface area contributed by atoms with Crippen LogP contribution in [0.2, 0.25) is 0 Å². The zero-order valence-electron chi connectivity index (χ0n) is 8.64. The molecule has 14 heavy (non-hydrogen) atoms. The van der Waals surface area contributed by atoms with Crippen molar-refractivity contribution in [3.63, 3.8) is 0 Å². The molecule has 1 aromatic rings. The third-order valence-corrected chi connectivity index (χ3v) is 4.56. The fourth-order valence-corrected chi connectivity index (χ4v) is 1.99. The highest BCUT2D eigenvalue weighted by atomic mass is 127. The average Bonchev–Trinajstić information content (AvgIpc) is 2.07. The van der Waals surface area contributed by atoms with Gasteiger partial charge in [0.1, 0.15) is 0 Å². The highest BCUT2D eigenvalue weighted by Gasteiger charge is 2.22. The van der Waals surface area contributed by atoms with E-state index >= 15 is 0 Å². The van der Waals surface area contributed by atoms with Gasteiger partial charge in [0, 0.05) is 14.1 Å². The molecular weight excluding hydrogens is 353 g/mol. The van der Waals surface area contributed by atoms with E-state index in [1.165, 1.54) is 9.13 Å². The summed E-state index contributed by atoms with van der Waals surface area (Å²) in [4.78, 5) is 0. The minimum atomic E-state index is 0.0871. The van der Waals surface area contributed by atoms with E-state index in [1.54, 1.807) is 0 Å². The topological polar surface area (TPSA) is 26.0 Å². The molecule has 0 spiro atoms. The summed E-state index contributed by atoms with van der Waals surface area (Å²) in [6, 6.07) is 6.37. The minimum Gasteiger partial charge on any atom is -0.324 e. The third-order valence-electron chi connectivity index (χ3n) is 2.24. The second-order valence-electron chi connectivity index (χ2n) is 4.52. The maximum atomic E-state index is 6.17. The first kappa shape index (κ1) is 12.5. The Morgan fingerprint density at radius 3 is 2.36 bits per heavy atom. The Morgan fingerprint density at radius 2 is 1.93 bits per heavy atom. The average molecular weight is 368 g/mol. The first-order valence-corrected chi connectivity index (χ1v) is 6.40. The van der Waals surface area contributed by atoms with E-state index in [4.69, 9.17) is 5.73 Å². The Kier molecular flexibility index (Phi) is 4.00. The summed E-state index contributed by atoms with van der Waals surface area (Å²) in [7, 11) is 0. The highest BCUT2D eigenvalue weighted by molar-refractivity contribution is 14.1. The molecule has 3 heteroatoms. The Bertz CT molecular complexity index is 331. The molecule has 0 unspecified atom stereocenters. The number of rotatable bonds is 1. The van der Waals surface area contributed by atoms with Gasteiger partial charge in [-0.3, -0.25) is 0 Å². The molecule has 0 heterocycles. The van der Waals surface area contributed by atoms with Crippen molar-refractivity contribution in [1.29, 1.82) is 0 Å². The SMILES string of the molecule is CC(C)(C)[C@H](N)c1ccc(Br)c(I)c1. The lowest BCUT2D eigenvalue weighted by Crippen LogP contribution is -2.26. The molecule has 0 aliphatic carbocycles. The van der Waals surface area contributed by atoms with Crippen molar-refractivity contribution >= 4 is 38.5 Å². The molecule has 0 amide bonds. The van der Waals surface area contributed by atoms with Crippen LogP contribution in [0.5, 0.6) is 0 Å². The van der Waals surface area contributed by atoms with Gasteiger partial charge in [-0.2, -0.15) is 0 Å². The molecule has 78 valence electrons. The number of hydrogen-bond acceptors (Lipinski definition) is 1. The maximum absolute atomic E-state index is 6.17. The van der Waals surface area contributed by atoms with Gasteiger partial charge in [0.15, 0.2) is 0 Å². The molecular formula is C11H15BrIN. The first-order valence-electron chi connectivity index (χ1n) is 4.53. The molecule has 0 bridgehead atoms. The van der Waals surface area contributed by atoms with E-state index in [2.05, 4.69) is 77.5 Å². The van der Waals surface area contributed by atoms with Gasteiger partial charge >= 0.3 is 0 Å². The molecule has 0 aliphatic rings.